The first-order chi connectivity index (χ1) is 9.85. The van der Waals surface area contributed by atoms with E-state index >= 15 is 0 Å². The second-order valence-electron chi connectivity index (χ2n) is 6.12. The summed E-state index contributed by atoms with van der Waals surface area (Å²) in [6.45, 7) is 5.03. The van der Waals surface area contributed by atoms with Gasteiger partial charge in [0.25, 0.3) is 0 Å². The van der Waals surface area contributed by atoms with Crippen LogP contribution in [0.1, 0.15) is 27.2 Å². The van der Waals surface area contributed by atoms with Gasteiger partial charge in [-0.2, -0.15) is 0 Å². The minimum Gasteiger partial charge on any atom is -0.394 e. The molecule has 2 rings (SSSR count). The molecule has 0 radical (unpaired) electrons. The molecule has 0 saturated carbocycles. The number of ether oxygens (including phenoxy) is 3. The topological polar surface area (TPSA) is 109 Å². The van der Waals surface area contributed by atoms with Crippen molar-refractivity contribution in [2.75, 3.05) is 6.61 Å². The molecule has 0 amide bonds. The molecular formula is C14H26O7. The highest BCUT2D eigenvalue weighted by Gasteiger charge is 2.45. The third kappa shape index (κ3) is 3.56. The molecule has 2 fully saturated rings. The van der Waals surface area contributed by atoms with Gasteiger partial charge in [0.2, 0.25) is 0 Å². The van der Waals surface area contributed by atoms with Gasteiger partial charge >= 0.3 is 0 Å². The van der Waals surface area contributed by atoms with Gasteiger partial charge in [0.05, 0.1) is 24.9 Å². The summed E-state index contributed by atoms with van der Waals surface area (Å²) in [5, 5.41) is 39.0. The molecule has 9 atom stereocenters. The van der Waals surface area contributed by atoms with Crippen LogP contribution in [0.2, 0.25) is 0 Å². The molecule has 4 N–H and O–H groups in total. The fourth-order valence-electron chi connectivity index (χ4n) is 3.01. The molecule has 0 aliphatic carbocycles. The lowest BCUT2D eigenvalue weighted by molar-refractivity contribution is -0.303. The van der Waals surface area contributed by atoms with Gasteiger partial charge in [-0.1, -0.05) is 6.92 Å². The van der Waals surface area contributed by atoms with Gasteiger partial charge < -0.3 is 34.6 Å². The Morgan fingerprint density at radius 1 is 0.952 bits per heavy atom. The van der Waals surface area contributed by atoms with Crippen molar-refractivity contribution in [1.82, 2.24) is 0 Å². The van der Waals surface area contributed by atoms with E-state index in [1.165, 1.54) is 0 Å². The van der Waals surface area contributed by atoms with Crippen LogP contribution >= 0.6 is 0 Å². The summed E-state index contributed by atoms with van der Waals surface area (Å²) >= 11 is 0. The zero-order valence-electron chi connectivity index (χ0n) is 12.6. The summed E-state index contributed by atoms with van der Waals surface area (Å²) in [5.41, 5.74) is 0. The summed E-state index contributed by atoms with van der Waals surface area (Å²) in [6.07, 6.45) is -5.38. The van der Waals surface area contributed by atoms with Crippen LogP contribution in [-0.2, 0) is 14.2 Å². The Balaban J connectivity index is 1.98. The number of rotatable bonds is 3. The number of aliphatic hydroxyl groups excluding tert-OH is 4. The molecule has 0 spiro atoms. The van der Waals surface area contributed by atoms with Crippen LogP contribution < -0.4 is 0 Å². The maximum Gasteiger partial charge on any atom is 0.159 e. The first kappa shape index (κ1) is 17.1. The second-order valence-corrected chi connectivity index (χ2v) is 6.12. The van der Waals surface area contributed by atoms with Crippen molar-refractivity contribution in [2.24, 2.45) is 5.92 Å². The van der Waals surface area contributed by atoms with E-state index in [1.807, 2.05) is 6.92 Å². The largest absolute Gasteiger partial charge is 0.394 e. The Bertz CT molecular complexity index is 327. The first-order valence-corrected chi connectivity index (χ1v) is 7.46. The summed E-state index contributed by atoms with van der Waals surface area (Å²) < 4.78 is 16.8. The van der Waals surface area contributed by atoms with E-state index < -0.39 is 42.9 Å². The molecule has 2 aliphatic heterocycles. The van der Waals surface area contributed by atoms with Gasteiger partial charge in [-0.05, 0) is 19.8 Å². The Morgan fingerprint density at radius 3 is 2.19 bits per heavy atom. The second kappa shape index (κ2) is 6.87. The highest BCUT2D eigenvalue weighted by molar-refractivity contribution is 4.92. The average Bonchev–Trinajstić information content (AvgIpc) is 2.44. The fraction of sp³-hybridized carbons (Fsp3) is 1.00. The van der Waals surface area contributed by atoms with Crippen LogP contribution in [0.3, 0.4) is 0 Å². The standard InChI is InChI=1S/C14H26O7/c1-6-4-10(20-7(2)11(6)16)21-14-8(3)19-9(5-15)12(17)13(14)18/h6-18H,4-5H2,1-3H3. The van der Waals surface area contributed by atoms with Crippen LogP contribution in [0, 0.1) is 5.92 Å². The molecule has 9 unspecified atom stereocenters. The number of aliphatic hydroxyl groups is 4. The van der Waals surface area contributed by atoms with Gasteiger partial charge in [-0.15, -0.1) is 0 Å². The maximum atomic E-state index is 10.2. The number of hydrogen-bond acceptors (Lipinski definition) is 7. The summed E-state index contributed by atoms with van der Waals surface area (Å²) in [6, 6.07) is 0. The highest BCUT2D eigenvalue weighted by Crippen LogP contribution is 2.30. The van der Waals surface area contributed by atoms with Gasteiger partial charge in [0, 0.05) is 6.42 Å². The molecule has 124 valence electrons. The molecule has 0 aromatic rings. The van der Waals surface area contributed by atoms with Gasteiger partial charge in [-0.3, -0.25) is 0 Å². The van der Waals surface area contributed by atoms with Crippen molar-refractivity contribution in [3.05, 3.63) is 0 Å². The van der Waals surface area contributed by atoms with E-state index in [0.29, 0.717) is 6.42 Å². The molecule has 7 heteroatoms. The van der Waals surface area contributed by atoms with E-state index in [2.05, 4.69) is 0 Å². The Morgan fingerprint density at radius 2 is 1.62 bits per heavy atom. The number of hydrogen-bond donors (Lipinski definition) is 4. The summed E-state index contributed by atoms with van der Waals surface area (Å²) in [4.78, 5) is 0. The van der Waals surface area contributed by atoms with E-state index in [0.717, 1.165) is 0 Å². The van der Waals surface area contributed by atoms with Crippen LogP contribution in [0.25, 0.3) is 0 Å². The van der Waals surface area contributed by atoms with E-state index in [9.17, 15) is 15.3 Å². The predicted octanol–water partition coefficient (Wildman–Crippen LogP) is -0.995. The first-order valence-electron chi connectivity index (χ1n) is 7.46. The molecular weight excluding hydrogens is 280 g/mol. The van der Waals surface area contributed by atoms with Gasteiger partial charge in [-0.25, -0.2) is 0 Å². The van der Waals surface area contributed by atoms with Crippen molar-refractivity contribution >= 4 is 0 Å². The van der Waals surface area contributed by atoms with E-state index in [-0.39, 0.29) is 18.6 Å². The lowest BCUT2D eigenvalue weighted by Gasteiger charge is -2.44. The molecule has 0 aromatic heterocycles. The third-order valence-corrected chi connectivity index (χ3v) is 4.40. The molecule has 2 heterocycles. The molecule has 0 aromatic carbocycles. The minimum absolute atomic E-state index is 0.0193. The van der Waals surface area contributed by atoms with Crippen LogP contribution in [0.4, 0.5) is 0 Å². The van der Waals surface area contributed by atoms with Crippen molar-refractivity contribution in [1.29, 1.82) is 0 Å². The van der Waals surface area contributed by atoms with E-state index in [1.54, 1.807) is 13.8 Å². The average molecular weight is 306 g/mol. The summed E-state index contributed by atoms with van der Waals surface area (Å²) in [7, 11) is 0. The minimum atomic E-state index is -1.21. The molecule has 7 nitrogen and oxygen atoms in total. The van der Waals surface area contributed by atoms with Crippen LogP contribution in [0.15, 0.2) is 0 Å². The normalized spacial score (nSPS) is 51.9. The molecule has 21 heavy (non-hydrogen) atoms. The summed E-state index contributed by atoms with van der Waals surface area (Å²) in [5.74, 6) is 0.0193. The van der Waals surface area contributed by atoms with Crippen molar-refractivity contribution in [3.63, 3.8) is 0 Å². The smallest absolute Gasteiger partial charge is 0.159 e. The predicted molar refractivity (Wildman–Crippen MR) is 72.4 cm³/mol. The maximum absolute atomic E-state index is 10.2. The third-order valence-electron chi connectivity index (χ3n) is 4.40. The Hall–Kier alpha value is -0.280. The highest BCUT2D eigenvalue weighted by atomic mass is 16.7. The quantitative estimate of drug-likeness (QED) is 0.530. The molecule has 2 aliphatic rings. The Kier molecular flexibility index (Phi) is 5.59. The van der Waals surface area contributed by atoms with Crippen LogP contribution in [0.5, 0.6) is 0 Å². The van der Waals surface area contributed by atoms with Gasteiger partial charge in [0.15, 0.2) is 6.29 Å². The van der Waals surface area contributed by atoms with Crippen molar-refractivity contribution in [3.8, 4) is 0 Å². The lowest BCUT2D eigenvalue weighted by Crippen LogP contribution is -2.60. The van der Waals surface area contributed by atoms with Crippen molar-refractivity contribution in [2.45, 2.75) is 76.2 Å². The monoisotopic (exact) mass is 306 g/mol. The SMILES string of the molecule is CC1CC(OC2C(C)OC(CO)C(O)C2O)OC(C)C1O. The zero-order chi connectivity index (χ0) is 15.7. The van der Waals surface area contributed by atoms with Crippen LogP contribution in [-0.4, -0.2) is 76.1 Å². The fourth-order valence-corrected chi connectivity index (χ4v) is 3.01. The van der Waals surface area contributed by atoms with Crippen molar-refractivity contribution < 1.29 is 34.6 Å². The Labute approximate surface area is 124 Å². The lowest BCUT2D eigenvalue weighted by atomic mass is 9.93. The molecule has 2 saturated heterocycles. The zero-order valence-corrected chi connectivity index (χ0v) is 12.6. The van der Waals surface area contributed by atoms with Gasteiger partial charge in [0.1, 0.15) is 24.4 Å². The molecule has 0 bridgehead atoms. The van der Waals surface area contributed by atoms with E-state index in [4.69, 9.17) is 19.3 Å².